The van der Waals surface area contributed by atoms with Crippen LogP contribution in [-0.4, -0.2) is 42.6 Å². The molecule has 2 aliphatic heterocycles. The van der Waals surface area contributed by atoms with Gasteiger partial charge in [0.15, 0.2) is 0 Å². The minimum Gasteiger partial charge on any atom is -0.493 e. The van der Waals surface area contributed by atoms with Gasteiger partial charge in [-0.15, -0.1) is 0 Å². The smallest absolute Gasteiger partial charge is 0.273 e. The molecule has 2 amide bonds. The molecule has 0 aliphatic carbocycles. The third-order valence-corrected chi connectivity index (χ3v) is 4.60. The molecule has 6 heteroatoms. The number of amides is 2. The van der Waals surface area contributed by atoms with Crippen molar-refractivity contribution in [1.29, 1.82) is 0 Å². The molecule has 25 heavy (non-hydrogen) atoms. The number of imide groups is 1. The van der Waals surface area contributed by atoms with E-state index in [-0.39, 0.29) is 29.2 Å². The highest BCUT2D eigenvalue weighted by molar-refractivity contribution is 6.55. The summed E-state index contributed by atoms with van der Waals surface area (Å²) in [6, 6.07) is 7.09. The lowest BCUT2D eigenvalue weighted by atomic mass is 10.1. The molecule has 5 nitrogen and oxygen atoms in total. The van der Waals surface area contributed by atoms with E-state index in [0.717, 1.165) is 18.6 Å². The second-order valence-electron chi connectivity index (χ2n) is 6.77. The van der Waals surface area contributed by atoms with Crippen LogP contribution < -0.4 is 4.74 Å². The molecule has 0 spiro atoms. The van der Waals surface area contributed by atoms with Crippen molar-refractivity contribution < 1.29 is 19.1 Å². The molecular formula is C19H22ClNO4. The standard InChI is InChI=1S/C19H22ClNO4/c1-12(2)11-25-14-7-5-13(6-8-14)16-17(20)19(23)21(18(16)22)10-15-4-3-9-24-15/h5-8,12,15H,3-4,9-11H2,1-2H3. The highest BCUT2D eigenvalue weighted by Crippen LogP contribution is 2.33. The summed E-state index contributed by atoms with van der Waals surface area (Å²) in [4.78, 5) is 26.2. The number of halogens is 1. The van der Waals surface area contributed by atoms with Crippen LogP contribution in [0, 0.1) is 5.92 Å². The van der Waals surface area contributed by atoms with Crippen LogP contribution in [0.1, 0.15) is 32.3 Å². The molecule has 0 saturated carbocycles. The van der Waals surface area contributed by atoms with E-state index in [9.17, 15) is 9.59 Å². The van der Waals surface area contributed by atoms with Crippen LogP contribution in [0.4, 0.5) is 0 Å². The molecule has 3 rings (SSSR count). The molecule has 1 fully saturated rings. The van der Waals surface area contributed by atoms with Gasteiger partial charge < -0.3 is 9.47 Å². The lowest BCUT2D eigenvalue weighted by Crippen LogP contribution is -2.37. The Morgan fingerprint density at radius 2 is 1.96 bits per heavy atom. The van der Waals surface area contributed by atoms with Crippen LogP contribution in [0.5, 0.6) is 5.75 Å². The molecule has 1 aromatic rings. The van der Waals surface area contributed by atoms with Gasteiger partial charge >= 0.3 is 0 Å². The van der Waals surface area contributed by atoms with Gasteiger partial charge in [0.25, 0.3) is 11.8 Å². The van der Waals surface area contributed by atoms with Crippen molar-refractivity contribution in [3.63, 3.8) is 0 Å². The Hall–Kier alpha value is -1.85. The van der Waals surface area contributed by atoms with Gasteiger partial charge in [0, 0.05) is 6.61 Å². The summed E-state index contributed by atoms with van der Waals surface area (Å²) in [5.74, 6) is 0.345. The molecule has 2 aliphatic rings. The van der Waals surface area contributed by atoms with Crippen LogP contribution in [0.3, 0.4) is 0 Å². The molecule has 0 aromatic heterocycles. The van der Waals surface area contributed by atoms with Gasteiger partial charge in [0.1, 0.15) is 10.8 Å². The fourth-order valence-electron chi connectivity index (χ4n) is 2.94. The average Bonchev–Trinajstić information content (AvgIpc) is 3.17. The Labute approximate surface area is 152 Å². The molecule has 0 bridgehead atoms. The molecule has 0 N–H and O–H groups in total. The van der Waals surface area contributed by atoms with Crippen molar-refractivity contribution in [2.45, 2.75) is 32.8 Å². The highest BCUT2D eigenvalue weighted by Gasteiger charge is 2.39. The summed E-state index contributed by atoms with van der Waals surface area (Å²) >= 11 is 6.18. The van der Waals surface area contributed by atoms with Crippen LogP contribution in [-0.2, 0) is 14.3 Å². The minimum absolute atomic E-state index is 0.0288. The first kappa shape index (κ1) is 18.0. The van der Waals surface area contributed by atoms with E-state index >= 15 is 0 Å². The summed E-state index contributed by atoms with van der Waals surface area (Å²) in [5.41, 5.74) is 0.871. The largest absolute Gasteiger partial charge is 0.493 e. The number of hydrogen-bond acceptors (Lipinski definition) is 4. The third-order valence-electron chi connectivity index (χ3n) is 4.25. The van der Waals surface area contributed by atoms with Gasteiger partial charge in [-0.2, -0.15) is 0 Å². The topological polar surface area (TPSA) is 55.8 Å². The SMILES string of the molecule is CC(C)COc1ccc(C2=C(Cl)C(=O)N(CC3CCCO3)C2=O)cc1. The number of hydrogen-bond donors (Lipinski definition) is 0. The molecule has 1 saturated heterocycles. The van der Waals surface area contributed by atoms with Gasteiger partial charge in [-0.25, -0.2) is 0 Å². The minimum atomic E-state index is -0.447. The summed E-state index contributed by atoms with van der Waals surface area (Å²) in [6.07, 6.45) is 1.71. The van der Waals surface area contributed by atoms with Crippen LogP contribution >= 0.6 is 11.6 Å². The second kappa shape index (κ2) is 7.58. The zero-order valence-corrected chi connectivity index (χ0v) is 15.2. The summed E-state index contributed by atoms with van der Waals surface area (Å²) in [5, 5.41) is -0.0288. The van der Waals surface area contributed by atoms with E-state index in [0.29, 0.717) is 24.7 Å². The van der Waals surface area contributed by atoms with Gasteiger partial charge in [0.2, 0.25) is 0 Å². The van der Waals surface area contributed by atoms with Crippen molar-refractivity contribution in [3.05, 3.63) is 34.9 Å². The van der Waals surface area contributed by atoms with Crippen LogP contribution in [0.15, 0.2) is 29.3 Å². The summed E-state index contributed by atoms with van der Waals surface area (Å²) in [6.45, 7) is 5.70. The van der Waals surface area contributed by atoms with E-state index in [1.54, 1.807) is 24.3 Å². The first-order valence-electron chi connectivity index (χ1n) is 8.58. The third kappa shape index (κ3) is 3.88. The number of carbonyl (C=O) groups excluding carboxylic acids is 2. The van der Waals surface area contributed by atoms with Gasteiger partial charge in [-0.3, -0.25) is 14.5 Å². The van der Waals surface area contributed by atoms with Gasteiger partial charge in [0.05, 0.1) is 24.8 Å². The van der Waals surface area contributed by atoms with E-state index in [1.165, 1.54) is 4.90 Å². The first-order valence-corrected chi connectivity index (χ1v) is 8.96. The Morgan fingerprint density at radius 1 is 1.24 bits per heavy atom. The van der Waals surface area contributed by atoms with Gasteiger partial charge in [-0.05, 0) is 36.5 Å². The first-order chi connectivity index (χ1) is 12.0. The van der Waals surface area contributed by atoms with Crippen molar-refractivity contribution in [1.82, 2.24) is 4.90 Å². The Bertz CT molecular complexity index is 690. The zero-order valence-electron chi connectivity index (χ0n) is 14.5. The molecule has 2 heterocycles. The monoisotopic (exact) mass is 363 g/mol. The van der Waals surface area contributed by atoms with Crippen molar-refractivity contribution in [3.8, 4) is 5.75 Å². The molecule has 1 aromatic carbocycles. The maximum Gasteiger partial charge on any atom is 0.273 e. The van der Waals surface area contributed by atoms with Gasteiger partial charge in [-0.1, -0.05) is 37.6 Å². The predicted molar refractivity (Wildman–Crippen MR) is 95.2 cm³/mol. The lowest BCUT2D eigenvalue weighted by molar-refractivity contribution is -0.138. The number of carbonyl (C=O) groups is 2. The average molecular weight is 364 g/mol. The second-order valence-corrected chi connectivity index (χ2v) is 7.15. The fraction of sp³-hybridized carbons (Fsp3) is 0.474. The van der Waals surface area contributed by atoms with Crippen molar-refractivity contribution in [2.75, 3.05) is 19.8 Å². The molecule has 0 radical (unpaired) electrons. The maximum atomic E-state index is 12.7. The Kier molecular flexibility index (Phi) is 5.45. The predicted octanol–water partition coefficient (Wildman–Crippen LogP) is 3.22. The van der Waals surface area contributed by atoms with E-state index in [2.05, 4.69) is 13.8 Å². The molecular weight excluding hydrogens is 342 g/mol. The molecule has 134 valence electrons. The zero-order chi connectivity index (χ0) is 18.0. The maximum absolute atomic E-state index is 12.7. The quantitative estimate of drug-likeness (QED) is 0.728. The van der Waals surface area contributed by atoms with Crippen molar-refractivity contribution in [2.24, 2.45) is 5.92 Å². The number of nitrogens with zero attached hydrogens (tertiary/aromatic N) is 1. The Balaban J connectivity index is 1.74. The number of ether oxygens (including phenoxy) is 2. The lowest BCUT2D eigenvalue weighted by Gasteiger charge is -2.18. The van der Waals surface area contributed by atoms with E-state index < -0.39 is 5.91 Å². The van der Waals surface area contributed by atoms with E-state index in [4.69, 9.17) is 21.1 Å². The number of benzene rings is 1. The fourth-order valence-corrected chi connectivity index (χ4v) is 3.23. The summed E-state index contributed by atoms with van der Waals surface area (Å²) < 4.78 is 11.2. The highest BCUT2D eigenvalue weighted by atomic mass is 35.5. The Morgan fingerprint density at radius 3 is 2.56 bits per heavy atom. The molecule has 1 unspecified atom stereocenters. The molecule has 1 atom stereocenters. The number of rotatable bonds is 6. The summed E-state index contributed by atoms with van der Waals surface area (Å²) in [7, 11) is 0. The normalized spacial score (nSPS) is 21.0. The van der Waals surface area contributed by atoms with Crippen molar-refractivity contribution >= 4 is 29.0 Å². The van der Waals surface area contributed by atoms with Crippen LogP contribution in [0.2, 0.25) is 0 Å². The van der Waals surface area contributed by atoms with E-state index in [1.807, 2.05) is 0 Å². The van der Waals surface area contributed by atoms with Crippen LogP contribution in [0.25, 0.3) is 5.57 Å².